The Kier molecular flexibility index (Phi) is 4.53. The van der Waals surface area contributed by atoms with E-state index >= 15 is 0 Å². The highest BCUT2D eigenvalue weighted by Crippen LogP contribution is 2.13. The van der Waals surface area contributed by atoms with E-state index in [1.165, 1.54) is 0 Å². The number of aliphatic carboxylic acids is 1. The van der Waals surface area contributed by atoms with Gasteiger partial charge in [0.1, 0.15) is 5.76 Å². The lowest BCUT2D eigenvalue weighted by Crippen LogP contribution is -2.18. The van der Waals surface area contributed by atoms with Crippen LogP contribution in [0, 0.1) is 6.92 Å². The van der Waals surface area contributed by atoms with Crippen molar-refractivity contribution < 1.29 is 14.3 Å². The Morgan fingerprint density at radius 2 is 2.00 bits per heavy atom. The van der Waals surface area contributed by atoms with Gasteiger partial charge >= 0.3 is 5.97 Å². The van der Waals surface area contributed by atoms with E-state index < -0.39 is 5.97 Å². The van der Waals surface area contributed by atoms with Gasteiger partial charge in [0.25, 0.3) is 0 Å². The molecule has 0 radical (unpaired) electrons. The number of carbonyl (C=O) groups is 1. The lowest BCUT2D eigenvalue weighted by molar-refractivity contribution is -0.136. The number of carboxylic acids is 1. The van der Waals surface area contributed by atoms with Crippen molar-refractivity contribution >= 4 is 5.97 Å². The van der Waals surface area contributed by atoms with Gasteiger partial charge in [0, 0.05) is 6.54 Å². The second-order valence-electron chi connectivity index (χ2n) is 4.80. The third kappa shape index (κ3) is 3.93. The molecule has 1 unspecified atom stereocenters. The first-order valence-corrected chi connectivity index (χ1v) is 6.50. The molecule has 0 aliphatic heterocycles. The molecule has 20 heavy (non-hydrogen) atoms. The summed E-state index contributed by atoms with van der Waals surface area (Å²) < 4.78 is 5.46. The van der Waals surface area contributed by atoms with Gasteiger partial charge in [0.05, 0.1) is 18.7 Å². The Morgan fingerprint density at radius 3 is 2.55 bits per heavy atom. The minimum Gasteiger partial charge on any atom is -0.481 e. The molecule has 5 nitrogen and oxygen atoms in total. The number of hydrogen-bond donors (Lipinski definition) is 2. The minimum absolute atomic E-state index is 0.0300. The van der Waals surface area contributed by atoms with Crippen molar-refractivity contribution in [1.82, 2.24) is 10.3 Å². The topological polar surface area (TPSA) is 75.4 Å². The van der Waals surface area contributed by atoms with E-state index in [4.69, 9.17) is 9.52 Å². The summed E-state index contributed by atoms with van der Waals surface area (Å²) in [6.07, 6.45) is 1.76. The number of nitrogens with one attached hydrogen (secondary N) is 1. The average Bonchev–Trinajstić information content (AvgIpc) is 2.84. The second-order valence-corrected chi connectivity index (χ2v) is 4.80. The molecule has 1 heterocycles. The van der Waals surface area contributed by atoms with Crippen LogP contribution in [0.2, 0.25) is 0 Å². The summed E-state index contributed by atoms with van der Waals surface area (Å²) in [5.41, 5.74) is 1.90. The molecule has 2 aromatic rings. The first-order chi connectivity index (χ1) is 9.54. The highest BCUT2D eigenvalue weighted by atomic mass is 16.4. The lowest BCUT2D eigenvalue weighted by Gasteiger charge is -2.10. The smallest absolute Gasteiger partial charge is 0.307 e. The van der Waals surface area contributed by atoms with Crippen LogP contribution >= 0.6 is 0 Å². The van der Waals surface area contributed by atoms with E-state index in [1.54, 1.807) is 6.20 Å². The van der Waals surface area contributed by atoms with Gasteiger partial charge < -0.3 is 14.8 Å². The van der Waals surface area contributed by atoms with Crippen molar-refractivity contribution in [2.24, 2.45) is 0 Å². The molecule has 0 bridgehead atoms. The van der Waals surface area contributed by atoms with Crippen molar-refractivity contribution in [3.05, 3.63) is 53.2 Å². The van der Waals surface area contributed by atoms with Crippen LogP contribution in [0.25, 0.3) is 0 Å². The molecule has 0 fully saturated rings. The lowest BCUT2D eigenvalue weighted by atomic mass is 10.1. The number of aryl methyl sites for hydroxylation is 1. The van der Waals surface area contributed by atoms with Gasteiger partial charge in [-0.3, -0.25) is 4.79 Å². The molecule has 2 rings (SSSR count). The first kappa shape index (κ1) is 14.3. The van der Waals surface area contributed by atoms with E-state index in [9.17, 15) is 4.79 Å². The van der Waals surface area contributed by atoms with Crippen LogP contribution in [-0.4, -0.2) is 16.1 Å². The molecule has 0 aliphatic rings. The normalized spacial score (nSPS) is 12.3. The number of carboxylic acid groups (broad SMARTS) is 1. The molecule has 5 heteroatoms. The standard InChI is InChI=1S/C15H18N2O3/c1-10-8-17-15(20-10)11(2)16-9-13-5-3-12(4-6-13)7-14(18)19/h3-6,8,11,16H,7,9H2,1-2H3,(H,18,19). The highest BCUT2D eigenvalue weighted by molar-refractivity contribution is 5.70. The van der Waals surface area contributed by atoms with Gasteiger partial charge in [-0.1, -0.05) is 24.3 Å². The van der Waals surface area contributed by atoms with Crippen molar-refractivity contribution in [2.45, 2.75) is 32.9 Å². The summed E-state index contributed by atoms with van der Waals surface area (Å²) in [5.74, 6) is 0.653. The fourth-order valence-electron chi connectivity index (χ4n) is 1.88. The molecule has 0 saturated heterocycles. The number of nitrogens with zero attached hydrogens (tertiary/aromatic N) is 1. The fourth-order valence-corrected chi connectivity index (χ4v) is 1.88. The van der Waals surface area contributed by atoms with E-state index in [2.05, 4.69) is 10.3 Å². The van der Waals surface area contributed by atoms with Gasteiger partial charge in [-0.15, -0.1) is 0 Å². The monoisotopic (exact) mass is 274 g/mol. The van der Waals surface area contributed by atoms with Crippen molar-refractivity contribution in [1.29, 1.82) is 0 Å². The Hall–Kier alpha value is -2.14. The number of oxazole rings is 1. The summed E-state index contributed by atoms with van der Waals surface area (Å²) in [5, 5.41) is 12.0. The van der Waals surface area contributed by atoms with Crippen molar-refractivity contribution in [3.63, 3.8) is 0 Å². The summed E-state index contributed by atoms with van der Waals surface area (Å²) >= 11 is 0. The van der Waals surface area contributed by atoms with E-state index in [1.807, 2.05) is 38.1 Å². The average molecular weight is 274 g/mol. The molecular weight excluding hydrogens is 256 g/mol. The summed E-state index contributed by atoms with van der Waals surface area (Å²) in [6, 6.07) is 7.57. The van der Waals surface area contributed by atoms with Crippen LogP contribution in [0.3, 0.4) is 0 Å². The Balaban J connectivity index is 1.89. The van der Waals surface area contributed by atoms with Crippen LogP contribution < -0.4 is 5.32 Å². The second kappa shape index (κ2) is 6.34. The van der Waals surface area contributed by atoms with E-state index in [0.29, 0.717) is 12.4 Å². The summed E-state index contributed by atoms with van der Waals surface area (Å²) in [7, 11) is 0. The Morgan fingerprint density at radius 1 is 1.35 bits per heavy atom. The third-order valence-corrected chi connectivity index (χ3v) is 3.00. The first-order valence-electron chi connectivity index (χ1n) is 6.50. The van der Waals surface area contributed by atoms with Gasteiger partial charge in [-0.05, 0) is 25.0 Å². The van der Waals surface area contributed by atoms with Gasteiger partial charge in [-0.25, -0.2) is 4.98 Å². The zero-order valence-corrected chi connectivity index (χ0v) is 11.6. The molecule has 1 aromatic carbocycles. The third-order valence-electron chi connectivity index (χ3n) is 3.00. The SMILES string of the molecule is Cc1cnc(C(C)NCc2ccc(CC(=O)O)cc2)o1. The fraction of sp³-hybridized carbons (Fsp3) is 0.333. The zero-order chi connectivity index (χ0) is 14.5. The van der Waals surface area contributed by atoms with Crippen molar-refractivity contribution in [3.8, 4) is 0 Å². The zero-order valence-electron chi connectivity index (χ0n) is 11.6. The van der Waals surface area contributed by atoms with Crippen LogP contribution in [0.15, 0.2) is 34.9 Å². The molecule has 0 spiro atoms. The molecule has 106 valence electrons. The maximum atomic E-state index is 10.6. The number of aromatic nitrogens is 1. The predicted molar refractivity (Wildman–Crippen MR) is 74.3 cm³/mol. The molecule has 1 atom stereocenters. The molecular formula is C15H18N2O3. The number of hydrogen-bond acceptors (Lipinski definition) is 4. The summed E-state index contributed by atoms with van der Waals surface area (Å²) in [6.45, 7) is 4.53. The largest absolute Gasteiger partial charge is 0.481 e. The van der Waals surface area contributed by atoms with Gasteiger partial charge in [-0.2, -0.15) is 0 Å². The summed E-state index contributed by atoms with van der Waals surface area (Å²) in [4.78, 5) is 14.8. The van der Waals surface area contributed by atoms with Crippen molar-refractivity contribution in [2.75, 3.05) is 0 Å². The molecule has 1 aromatic heterocycles. The molecule has 0 saturated carbocycles. The number of benzene rings is 1. The van der Waals surface area contributed by atoms with Crippen LogP contribution in [0.5, 0.6) is 0 Å². The Labute approximate surface area is 117 Å². The van der Waals surface area contributed by atoms with Crippen LogP contribution in [0.4, 0.5) is 0 Å². The van der Waals surface area contributed by atoms with Crippen LogP contribution in [-0.2, 0) is 17.8 Å². The minimum atomic E-state index is -0.816. The Bertz CT molecular complexity index is 575. The maximum absolute atomic E-state index is 10.6. The molecule has 0 aliphatic carbocycles. The molecule has 2 N–H and O–H groups in total. The van der Waals surface area contributed by atoms with Gasteiger partial charge in [0.15, 0.2) is 0 Å². The highest BCUT2D eigenvalue weighted by Gasteiger charge is 2.10. The quantitative estimate of drug-likeness (QED) is 0.846. The number of rotatable bonds is 6. The van der Waals surface area contributed by atoms with E-state index in [-0.39, 0.29) is 12.5 Å². The van der Waals surface area contributed by atoms with E-state index in [0.717, 1.165) is 16.9 Å². The predicted octanol–water partition coefficient (Wildman–Crippen LogP) is 2.46. The maximum Gasteiger partial charge on any atom is 0.307 e. The van der Waals surface area contributed by atoms with Gasteiger partial charge in [0.2, 0.25) is 5.89 Å². The van der Waals surface area contributed by atoms with Crippen LogP contribution in [0.1, 0.15) is 35.7 Å². The molecule has 0 amide bonds.